The van der Waals surface area contributed by atoms with Crippen LogP contribution in [0.2, 0.25) is 0 Å². The highest BCUT2D eigenvalue weighted by Crippen LogP contribution is 2.19. The Labute approximate surface area is 124 Å². The third-order valence-electron chi connectivity index (χ3n) is 3.20. The Morgan fingerprint density at radius 1 is 1.29 bits per heavy atom. The standard InChI is InChI=1S/C16H20FN3O/c1-3-7-18-14(9-12-5-4-6-13(17)8-12)15-10-16(21-2)20-11-19-15/h4-6,8,10-11,14,18H,3,7,9H2,1-2H3. The first kappa shape index (κ1) is 15.4. The molecular weight excluding hydrogens is 269 g/mol. The second-order valence-electron chi connectivity index (χ2n) is 4.83. The zero-order valence-corrected chi connectivity index (χ0v) is 12.3. The summed E-state index contributed by atoms with van der Waals surface area (Å²) in [4.78, 5) is 8.33. The van der Waals surface area contributed by atoms with Crippen LogP contribution in [-0.4, -0.2) is 23.6 Å². The number of hydrogen-bond acceptors (Lipinski definition) is 4. The molecule has 1 N–H and O–H groups in total. The molecule has 0 bridgehead atoms. The molecule has 2 rings (SSSR count). The van der Waals surface area contributed by atoms with Gasteiger partial charge >= 0.3 is 0 Å². The van der Waals surface area contributed by atoms with Crippen LogP contribution in [0, 0.1) is 5.82 Å². The van der Waals surface area contributed by atoms with Gasteiger partial charge in [0.2, 0.25) is 5.88 Å². The van der Waals surface area contributed by atoms with E-state index in [2.05, 4.69) is 22.2 Å². The number of rotatable bonds is 7. The van der Waals surface area contributed by atoms with E-state index in [1.54, 1.807) is 19.2 Å². The Morgan fingerprint density at radius 2 is 2.14 bits per heavy atom. The van der Waals surface area contributed by atoms with Gasteiger partial charge in [-0.2, -0.15) is 0 Å². The van der Waals surface area contributed by atoms with Crippen molar-refractivity contribution in [2.24, 2.45) is 0 Å². The van der Waals surface area contributed by atoms with E-state index in [1.165, 1.54) is 12.4 Å². The van der Waals surface area contributed by atoms with E-state index in [1.807, 2.05) is 12.1 Å². The van der Waals surface area contributed by atoms with Crippen LogP contribution in [0.15, 0.2) is 36.7 Å². The minimum Gasteiger partial charge on any atom is -0.481 e. The molecule has 4 nitrogen and oxygen atoms in total. The first-order valence-corrected chi connectivity index (χ1v) is 7.06. The van der Waals surface area contributed by atoms with Crippen LogP contribution in [0.5, 0.6) is 5.88 Å². The maximum atomic E-state index is 13.3. The smallest absolute Gasteiger partial charge is 0.216 e. The number of methoxy groups -OCH3 is 1. The predicted octanol–water partition coefficient (Wildman–Crippen LogP) is 2.91. The van der Waals surface area contributed by atoms with Gasteiger partial charge in [0.1, 0.15) is 12.1 Å². The van der Waals surface area contributed by atoms with Crippen molar-refractivity contribution in [1.29, 1.82) is 0 Å². The number of benzene rings is 1. The van der Waals surface area contributed by atoms with E-state index in [0.29, 0.717) is 12.3 Å². The zero-order chi connectivity index (χ0) is 15.1. The highest BCUT2D eigenvalue weighted by Gasteiger charge is 2.14. The zero-order valence-electron chi connectivity index (χ0n) is 12.3. The van der Waals surface area contributed by atoms with Crippen LogP contribution < -0.4 is 10.1 Å². The van der Waals surface area contributed by atoms with Gasteiger partial charge < -0.3 is 10.1 Å². The molecule has 1 unspecified atom stereocenters. The molecule has 2 aromatic rings. The SMILES string of the molecule is CCCNC(Cc1cccc(F)c1)c1cc(OC)ncn1. The quantitative estimate of drug-likeness (QED) is 0.851. The van der Waals surface area contributed by atoms with Crippen molar-refractivity contribution in [3.05, 3.63) is 53.7 Å². The molecule has 1 heterocycles. The molecule has 0 aliphatic heterocycles. The van der Waals surface area contributed by atoms with Gasteiger partial charge in [0.15, 0.2) is 0 Å². The van der Waals surface area contributed by atoms with Crippen LogP contribution in [0.25, 0.3) is 0 Å². The molecule has 0 radical (unpaired) electrons. The van der Waals surface area contributed by atoms with Crippen LogP contribution in [0.4, 0.5) is 4.39 Å². The topological polar surface area (TPSA) is 47.0 Å². The third kappa shape index (κ3) is 4.49. The molecule has 0 saturated carbocycles. The number of aromatic nitrogens is 2. The summed E-state index contributed by atoms with van der Waals surface area (Å²) < 4.78 is 18.5. The van der Waals surface area contributed by atoms with Gasteiger partial charge in [-0.25, -0.2) is 14.4 Å². The van der Waals surface area contributed by atoms with Gasteiger partial charge in [-0.05, 0) is 37.1 Å². The van der Waals surface area contributed by atoms with Crippen LogP contribution in [-0.2, 0) is 6.42 Å². The van der Waals surface area contributed by atoms with Crippen molar-refractivity contribution >= 4 is 0 Å². The summed E-state index contributed by atoms with van der Waals surface area (Å²) in [5, 5.41) is 3.44. The van der Waals surface area contributed by atoms with Crippen molar-refractivity contribution in [2.75, 3.05) is 13.7 Å². The number of halogens is 1. The van der Waals surface area contributed by atoms with E-state index in [0.717, 1.165) is 24.2 Å². The number of nitrogens with zero attached hydrogens (tertiary/aromatic N) is 2. The largest absolute Gasteiger partial charge is 0.481 e. The van der Waals surface area contributed by atoms with Gasteiger partial charge in [0.25, 0.3) is 0 Å². The Morgan fingerprint density at radius 3 is 2.86 bits per heavy atom. The molecule has 0 fully saturated rings. The summed E-state index contributed by atoms with van der Waals surface area (Å²) >= 11 is 0. The molecule has 112 valence electrons. The van der Waals surface area contributed by atoms with Crippen LogP contribution >= 0.6 is 0 Å². The van der Waals surface area contributed by atoms with E-state index in [-0.39, 0.29) is 11.9 Å². The Hall–Kier alpha value is -2.01. The van der Waals surface area contributed by atoms with E-state index in [9.17, 15) is 4.39 Å². The number of ether oxygens (including phenoxy) is 1. The lowest BCUT2D eigenvalue weighted by atomic mass is 10.0. The highest BCUT2D eigenvalue weighted by molar-refractivity contribution is 5.22. The minimum absolute atomic E-state index is 0.00338. The van der Waals surface area contributed by atoms with Gasteiger partial charge in [-0.15, -0.1) is 0 Å². The Bertz CT molecular complexity index is 577. The average Bonchev–Trinajstić information content (AvgIpc) is 2.51. The molecule has 1 aromatic heterocycles. The lowest BCUT2D eigenvalue weighted by Gasteiger charge is -2.18. The molecule has 0 aliphatic carbocycles. The van der Waals surface area contributed by atoms with E-state index in [4.69, 9.17) is 4.74 Å². The summed E-state index contributed by atoms with van der Waals surface area (Å²) in [6, 6.07) is 8.46. The molecule has 5 heteroatoms. The van der Waals surface area contributed by atoms with E-state index < -0.39 is 0 Å². The summed E-state index contributed by atoms with van der Waals surface area (Å²) in [5.41, 5.74) is 1.78. The second kappa shape index (κ2) is 7.69. The predicted molar refractivity (Wildman–Crippen MR) is 79.7 cm³/mol. The lowest BCUT2D eigenvalue weighted by molar-refractivity contribution is 0.393. The fourth-order valence-corrected chi connectivity index (χ4v) is 2.16. The Balaban J connectivity index is 2.20. The molecule has 0 spiro atoms. The number of hydrogen-bond donors (Lipinski definition) is 1. The van der Waals surface area contributed by atoms with Crippen molar-refractivity contribution < 1.29 is 9.13 Å². The lowest BCUT2D eigenvalue weighted by Crippen LogP contribution is -2.25. The summed E-state index contributed by atoms with van der Waals surface area (Å²) in [6.07, 6.45) is 3.17. The average molecular weight is 289 g/mol. The maximum absolute atomic E-state index is 13.3. The molecule has 0 saturated heterocycles. The molecular formula is C16H20FN3O. The minimum atomic E-state index is -0.220. The van der Waals surface area contributed by atoms with Crippen molar-refractivity contribution in [2.45, 2.75) is 25.8 Å². The fourth-order valence-electron chi connectivity index (χ4n) is 2.16. The van der Waals surface area contributed by atoms with Gasteiger partial charge in [-0.3, -0.25) is 0 Å². The third-order valence-corrected chi connectivity index (χ3v) is 3.20. The first-order valence-electron chi connectivity index (χ1n) is 7.06. The highest BCUT2D eigenvalue weighted by atomic mass is 19.1. The van der Waals surface area contributed by atoms with Gasteiger partial charge in [0, 0.05) is 6.07 Å². The molecule has 21 heavy (non-hydrogen) atoms. The maximum Gasteiger partial charge on any atom is 0.216 e. The van der Waals surface area contributed by atoms with Crippen LogP contribution in [0.3, 0.4) is 0 Å². The van der Waals surface area contributed by atoms with E-state index >= 15 is 0 Å². The molecule has 1 atom stereocenters. The first-order chi connectivity index (χ1) is 10.2. The molecule has 1 aromatic carbocycles. The summed E-state index contributed by atoms with van der Waals surface area (Å²) in [7, 11) is 1.58. The van der Waals surface area contributed by atoms with Gasteiger partial charge in [-0.1, -0.05) is 19.1 Å². The molecule has 0 amide bonds. The summed E-state index contributed by atoms with van der Waals surface area (Å²) in [5.74, 6) is 0.310. The molecule has 0 aliphatic rings. The second-order valence-corrected chi connectivity index (χ2v) is 4.83. The van der Waals surface area contributed by atoms with Crippen molar-refractivity contribution in [3.8, 4) is 5.88 Å². The van der Waals surface area contributed by atoms with Crippen molar-refractivity contribution in [1.82, 2.24) is 15.3 Å². The number of nitrogens with one attached hydrogen (secondary N) is 1. The van der Waals surface area contributed by atoms with Gasteiger partial charge in [0.05, 0.1) is 18.8 Å². The summed E-state index contributed by atoms with van der Waals surface area (Å²) in [6.45, 7) is 2.97. The Kier molecular flexibility index (Phi) is 5.63. The normalized spacial score (nSPS) is 12.1. The van der Waals surface area contributed by atoms with Crippen LogP contribution in [0.1, 0.15) is 30.6 Å². The fraction of sp³-hybridized carbons (Fsp3) is 0.375. The van der Waals surface area contributed by atoms with Crippen molar-refractivity contribution in [3.63, 3.8) is 0 Å². The monoisotopic (exact) mass is 289 g/mol.